The summed E-state index contributed by atoms with van der Waals surface area (Å²) in [6, 6.07) is 11.9. The summed E-state index contributed by atoms with van der Waals surface area (Å²) >= 11 is 1.02. The molecule has 2 amide bonds. The number of nitro benzene ring substituents is 1. The van der Waals surface area contributed by atoms with E-state index in [2.05, 4.69) is 0 Å². The summed E-state index contributed by atoms with van der Waals surface area (Å²) in [6.45, 7) is 1.41. The van der Waals surface area contributed by atoms with Crippen LogP contribution in [0.3, 0.4) is 0 Å². The van der Waals surface area contributed by atoms with Gasteiger partial charge in [-0.2, -0.15) is 0 Å². The van der Waals surface area contributed by atoms with Gasteiger partial charge in [-0.15, -0.1) is 0 Å². The van der Waals surface area contributed by atoms with Gasteiger partial charge in [-0.05, 0) is 54.6 Å². The summed E-state index contributed by atoms with van der Waals surface area (Å²) in [7, 11) is 3.13. The molecule has 16 nitrogen and oxygen atoms in total. The number of fused-ring (bicyclic) bond motifs is 1. The molecule has 0 bridgehead atoms. The van der Waals surface area contributed by atoms with Gasteiger partial charge < -0.3 is 24.4 Å². The molecule has 5 rings (SSSR count). The molecule has 2 aromatic rings. The molecule has 0 spiro atoms. The van der Waals surface area contributed by atoms with Gasteiger partial charge in [-0.1, -0.05) is 25.1 Å². The van der Waals surface area contributed by atoms with Crippen molar-refractivity contribution in [2.75, 3.05) is 27.2 Å². The molecule has 3 aliphatic heterocycles. The van der Waals surface area contributed by atoms with Gasteiger partial charge in [-0.3, -0.25) is 34.6 Å². The fourth-order valence-corrected chi connectivity index (χ4v) is 7.75. The highest BCUT2D eigenvalue weighted by Gasteiger charge is 2.59. The van der Waals surface area contributed by atoms with Gasteiger partial charge in [0.2, 0.25) is 11.8 Å². The third kappa shape index (κ3) is 7.13. The Morgan fingerprint density at radius 2 is 1.76 bits per heavy atom. The lowest BCUT2D eigenvalue weighted by atomic mass is 9.80. The van der Waals surface area contributed by atoms with Crippen LogP contribution in [0.2, 0.25) is 0 Å². The maximum Gasteiger partial charge on any atom is 0.383 e. The number of aliphatic hydroxyl groups excluding tert-OH is 1. The highest BCUT2D eigenvalue weighted by molar-refractivity contribution is 8.01. The summed E-state index contributed by atoms with van der Waals surface area (Å²) in [4.78, 5) is 78.3. The van der Waals surface area contributed by atoms with Gasteiger partial charge in [0.1, 0.15) is 18.3 Å². The lowest BCUT2D eigenvalue weighted by Crippen LogP contribution is -2.60. The maximum atomic E-state index is 13.8. The molecule has 0 radical (unpaired) electrons. The monoisotopic (exact) mass is 697 g/mol. The Hall–Kier alpha value is -4.87. The molecule has 0 aromatic heterocycles. The second kappa shape index (κ2) is 14.7. The van der Waals surface area contributed by atoms with E-state index in [0.717, 1.165) is 11.9 Å². The first-order valence-corrected chi connectivity index (χ1v) is 16.2. The third-order valence-electron chi connectivity index (χ3n) is 8.85. The minimum atomic E-state index is -1.85. The van der Waals surface area contributed by atoms with E-state index in [9.17, 15) is 44.5 Å². The highest BCUT2D eigenvalue weighted by atomic mass is 32.2. The zero-order chi connectivity index (χ0) is 35.6. The second-order valence-corrected chi connectivity index (χ2v) is 13.3. The Kier molecular flexibility index (Phi) is 10.6. The van der Waals surface area contributed by atoms with Crippen LogP contribution >= 0.6 is 11.9 Å². The van der Waals surface area contributed by atoms with E-state index in [1.807, 2.05) is 0 Å². The molecule has 1 N–H and O–H groups in total. The molecule has 2 fully saturated rings. The van der Waals surface area contributed by atoms with Gasteiger partial charge in [-0.25, -0.2) is 9.10 Å². The predicted octanol–water partition coefficient (Wildman–Crippen LogP) is 2.65. The summed E-state index contributed by atoms with van der Waals surface area (Å²) in [5.41, 5.74) is 0.375. The number of ether oxygens (including phenoxy) is 2. The molecule has 49 heavy (non-hydrogen) atoms. The number of aliphatic hydroxyl groups is 1. The molecule has 3 aliphatic rings. The van der Waals surface area contributed by atoms with Gasteiger partial charge >= 0.3 is 18.2 Å². The van der Waals surface area contributed by atoms with Gasteiger partial charge in [0, 0.05) is 50.2 Å². The number of carbonyl (C=O) groups is 4. The number of β-lactam (4-membered cyclic amide) rings is 1. The van der Waals surface area contributed by atoms with E-state index in [0.29, 0.717) is 10.5 Å². The van der Waals surface area contributed by atoms with E-state index < -0.39 is 63.8 Å². The molecular formula is C32H35N5O11S. The number of benzene rings is 2. The molecule has 2 saturated heterocycles. The van der Waals surface area contributed by atoms with Crippen molar-refractivity contribution < 1.29 is 43.6 Å². The molecule has 0 saturated carbocycles. The molecular weight excluding hydrogens is 662 g/mol. The van der Waals surface area contributed by atoms with Crippen molar-refractivity contribution in [2.45, 2.75) is 44.7 Å². The Labute approximate surface area is 285 Å². The lowest BCUT2D eigenvalue weighted by Gasteiger charge is -2.45. The standard InChI is InChI=1S/C32H35N5O11S/c1-18-25-23(13-14-38)28(39)35(25)26(32(42)48-30(37(45)46)20-7-5-4-6-8-20)27(18)49-34-16-21(15-24(34)29(40)33(2)3)31(41)47-17-19-9-11-22(12-10-19)36(43)44/h4-12,18,21,23-25,30,38H,13-17H2,1-3H3. The van der Waals surface area contributed by atoms with Crippen LogP contribution in [0.15, 0.2) is 65.2 Å². The van der Waals surface area contributed by atoms with Gasteiger partial charge in [0.15, 0.2) is 0 Å². The fraction of sp³-hybridized carbons (Fsp3) is 0.438. The molecule has 260 valence electrons. The first-order chi connectivity index (χ1) is 23.3. The molecule has 2 aromatic carbocycles. The molecule has 3 heterocycles. The quantitative estimate of drug-likeness (QED) is 0.0800. The maximum absolute atomic E-state index is 13.8. The minimum Gasteiger partial charge on any atom is -0.461 e. The first-order valence-electron chi connectivity index (χ1n) is 15.5. The van der Waals surface area contributed by atoms with E-state index in [-0.39, 0.29) is 55.5 Å². The van der Waals surface area contributed by atoms with Crippen LogP contribution in [0.25, 0.3) is 0 Å². The van der Waals surface area contributed by atoms with Crippen LogP contribution in [-0.4, -0.2) is 92.1 Å². The largest absolute Gasteiger partial charge is 0.461 e. The average molecular weight is 698 g/mol. The number of non-ortho nitro benzene ring substituents is 1. The minimum absolute atomic E-state index is 0.0345. The van der Waals surface area contributed by atoms with Crippen molar-refractivity contribution in [3.05, 3.63) is 96.6 Å². The Morgan fingerprint density at radius 3 is 2.35 bits per heavy atom. The zero-order valence-electron chi connectivity index (χ0n) is 26.9. The number of hydrogen-bond acceptors (Lipinski definition) is 13. The van der Waals surface area contributed by atoms with Crippen LogP contribution in [0.1, 0.15) is 37.1 Å². The number of carbonyl (C=O) groups excluding carboxylic acids is 4. The van der Waals surface area contributed by atoms with Gasteiger partial charge in [0.25, 0.3) is 5.69 Å². The van der Waals surface area contributed by atoms with Crippen LogP contribution in [0, 0.1) is 38.0 Å². The van der Waals surface area contributed by atoms with Gasteiger partial charge in [0.05, 0.1) is 33.3 Å². The normalized spacial score (nSPS) is 23.8. The molecule has 6 atom stereocenters. The molecule has 6 unspecified atom stereocenters. The Bertz CT molecular complexity index is 1670. The van der Waals surface area contributed by atoms with Crippen LogP contribution in [-0.2, 0) is 35.3 Å². The topological polar surface area (TPSA) is 203 Å². The highest BCUT2D eigenvalue weighted by Crippen LogP contribution is 2.52. The van der Waals surface area contributed by atoms with Crippen molar-refractivity contribution in [1.82, 2.24) is 14.1 Å². The second-order valence-electron chi connectivity index (χ2n) is 12.2. The van der Waals surface area contributed by atoms with E-state index in [1.54, 1.807) is 43.5 Å². The molecule has 17 heteroatoms. The number of hydrogen-bond donors (Lipinski definition) is 1. The number of likely N-dealkylation sites (N-methyl/N-ethyl adjacent to an activating group) is 1. The van der Waals surface area contributed by atoms with Crippen molar-refractivity contribution in [3.63, 3.8) is 0 Å². The van der Waals surface area contributed by atoms with Crippen molar-refractivity contribution in [1.29, 1.82) is 0 Å². The number of rotatable bonds is 13. The Balaban J connectivity index is 1.41. The van der Waals surface area contributed by atoms with E-state index >= 15 is 0 Å². The zero-order valence-corrected chi connectivity index (χ0v) is 27.7. The number of nitro groups is 2. The predicted molar refractivity (Wildman–Crippen MR) is 172 cm³/mol. The smallest absolute Gasteiger partial charge is 0.383 e. The molecule has 0 aliphatic carbocycles. The fourth-order valence-electron chi connectivity index (χ4n) is 6.37. The lowest BCUT2D eigenvalue weighted by molar-refractivity contribution is -0.575. The summed E-state index contributed by atoms with van der Waals surface area (Å²) in [5, 5.41) is 32.5. The number of nitrogens with zero attached hydrogens (tertiary/aromatic N) is 5. The van der Waals surface area contributed by atoms with Crippen LogP contribution in [0.4, 0.5) is 5.69 Å². The van der Waals surface area contributed by atoms with Crippen molar-refractivity contribution in [2.24, 2.45) is 17.8 Å². The number of esters is 2. The third-order valence-corrected chi connectivity index (χ3v) is 10.3. The summed E-state index contributed by atoms with van der Waals surface area (Å²) in [5.74, 6) is -4.26. The summed E-state index contributed by atoms with van der Waals surface area (Å²) < 4.78 is 12.6. The SMILES string of the molecule is CC1C(SN2CC(C(=O)OCc3ccc([N+](=O)[O-])cc3)CC2C(=O)N(C)C)=C(C(=O)OC(c2ccccc2)[N+](=O)[O-])N2C(=O)C(CCO)C12. The van der Waals surface area contributed by atoms with E-state index in [4.69, 9.17) is 9.47 Å². The average Bonchev–Trinajstić information content (AvgIpc) is 3.62. The van der Waals surface area contributed by atoms with Crippen molar-refractivity contribution in [3.8, 4) is 0 Å². The van der Waals surface area contributed by atoms with Crippen LogP contribution < -0.4 is 0 Å². The number of amides is 2. The Morgan fingerprint density at radius 1 is 1.08 bits per heavy atom. The van der Waals surface area contributed by atoms with Crippen molar-refractivity contribution >= 4 is 41.4 Å². The summed E-state index contributed by atoms with van der Waals surface area (Å²) in [6.07, 6.45) is -1.61. The van der Waals surface area contributed by atoms with E-state index in [1.165, 1.54) is 46.2 Å². The first kappa shape index (κ1) is 35.4. The van der Waals surface area contributed by atoms with Crippen LogP contribution in [0.5, 0.6) is 0 Å².